The van der Waals surface area contributed by atoms with Crippen molar-refractivity contribution in [2.24, 2.45) is 0 Å². The van der Waals surface area contributed by atoms with E-state index in [4.69, 9.17) is 9.84 Å². The Balaban J connectivity index is 3.10. The van der Waals surface area contributed by atoms with E-state index in [2.05, 4.69) is 5.32 Å². The van der Waals surface area contributed by atoms with Gasteiger partial charge < -0.3 is 9.84 Å². The molecule has 1 amide bonds. The van der Waals surface area contributed by atoms with Crippen molar-refractivity contribution in [2.45, 2.75) is 13.8 Å². The van der Waals surface area contributed by atoms with Crippen molar-refractivity contribution in [1.82, 2.24) is 0 Å². The van der Waals surface area contributed by atoms with Crippen LogP contribution in [0.1, 0.15) is 11.1 Å². The quantitative estimate of drug-likeness (QED) is 0.761. The van der Waals surface area contributed by atoms with Crippen LogP contribution in [-0.4, -0.2) is 18.3 Å². The summed E-state index contributed by atoms with van der Waals surface area (Å²) >= 11 is 0. The summed E-state index contributed by atoms with van der Waals surface area (Å²) in [7, 11) is 1.59. The van der Waals surface area contributed by atoms with Gasteiger partial charge in [0, 0.05) is 5.69 Å². The van der Waals surface area contributed by atoms with E-state index in [1.54, 1.807) is 19.2 Å². The van der Waals surface area contributed by atoms with Gasteiger partial charge in [-0.15, -0.1) is 0 Å². The van der Waals surface area contributed by atoms with Gasteiger partial charge in [-0.25, -0.2) is 4.79 Å². The summed E-state index contributed by atoms with van der Waals surface area (Å²) in [5, 5.41) is 10.9. The lowest BCUT2D eigenvalue weighted by molar-refractivity contribution is 0.209. The van der Waals surface area contributed by atoms with E-state index in [-0.39, 0.29) is 0 Å². The summed E-state index contributed by atoms with van der Waals surface area (Å²) in [5.74, 6) is 0.762. The van der Waals surface area contributed by atoms with Crippen LogP contribution in [-0.2, 0) is 0 Å². The molecule has 2 N–H and O–H groups in total. The first-order chi connectivity index (χ1) is 6.56. The highest BCUT2D eigenvalue weighted by Gasteiger charge is 2.07. The zero-order chi connectivity index (χ0) is 10.7. The van der Waals surface area contributed by atoms with Gasteiger partial charge in [-0.2, -0.15) is 0 Å². The molecular formula is C10H13NO3. The largest absolute Gasteiger partial charge is 0.496 e. The fraction of sp³-hybridized carbons (Fsp3) is 0.300. The van der Waals surface area contributed by atoms with Crippen LogP contribution in [0.2, 0.25) is 0 Å². The van der Waals surface area contributed by atoms with Crippen LogP contribution in [0, 0.1) is 13.8 Å². The number of carbonyl (C=O) groups is 1. The standard InChI is InChI=1S/C10H13NO3/c1-6-7(2)9(14-3)5-4-8(6)11-10(12)13/h4-5,11H,1-3H3,(H,12,13). The first kappa shape index (κ1) is 10.4. The number of amides is 1. The first-order valence-electron chi connectivity index (χ1n) is 4.20. The predicted molar refractivity (Wildman–Crippen MR) is 54.1 cm³/mol. The second-order valence-corrected chi connectivity index (χ2v) is 3.00. The SMILES string of the molecule is COc1ccc(NC(=O)O)c(C)c1C. The maximum absolute atomic E-state index is 10.4. The lowest BCUT2D eigenvalue weighted by Gasteiger charge is -2.11. The number of hydrogen-bond donors (Lipinski definition) is 2. The molecule has 14 heavy (non-hydrogen) atoms. The van der Waals surface area contributed by atoms with Crippen molar-refractivity contribution in [3.8, 4) is 5.75 Å². The van der Waals surface area contributed by atoms with Gasteiger partial charge in [-0.05, 0) is 37.1 Å². The second kappa shape index (κ2) is 4.00. The molecular weight excluding hydrogens is 182 g/mol. The van der Waals surface area contributed by atoms with Crippen molar-refractivity contribution >= 4 is 11.8 Å². The van der Waals surface area contributed by atoms with Gasteiger partial charge in [-0.3, -0.25) is 5.32 Å². The van der Waals surface area contributed by atoms with Crippen molar-refractivity contribution in [2.75, 3.05) is 12.4 Å². The molecule has 0 atom stereocenters. The summed E-state index contributed by atoms with van der Waals surface area (Å²) in [4.78, 5) is 10.4. The molecule has 76 valence electrons. The number of anilines is 1. The molecule has 0 heterocycles. The monoisotopic (exact) mass is 195 g/mol. The van der Waals surface area contributed by atoms with Gasteiger partial charge in [0.05, 0.1) is 7.11 Å². The van der Waals surface area contributed by atoms with E-state index in [0.717, 1.165) is 16.9 Å². The average molecular weight is 195 g/mol. The van der Waals surface area contributed by atoms with Crippen molar-refractivity contribution in [1.29, 1.82) is 0 Å². The van der Waals surface area contributed by atoms with E-state index in [1.807, 2.05) is 13.8 Å². The average Bonchev–Trinajstić information content (AvgIpc) is 2.13. The smallest absolute Gasteiger partial charge is 0.409 e. The minimum absolute atomic E-state index is 0.593. The number of rotatable bonds is 2. The molecule has 0 aliphatic heterocycles. The van der Waals surface area contributed by atoms with Crippen LogP contribution in [0.3, 0.4) is 0 Å². The molecule has 1 aromatic carbocycles. The zero-order valence-electron chi connectivity index (χ0n) is 8.42. The molecule has 4 nitrogen and oxygen atoms in total. The Labute approximate surface area is 82.5 Å². The molecule has 0 radical (unpaired) electrons. The van der Waals surface area contributed by atoms with Crippen LogP contribution in [0.5, 0.6) is 5.75 Å². The first-order valence-corrected chi connectivity index (χ1v) is 4.20. The molecule has 0 aliphatic rings. The maximum Gasteiger partial charge on any atom is 0.409 e. The Hall–Kier alpha value is -1.71. The summed E-state index contributed by atoms with van der Waals surface area (Å²) < 4.78 is 5.11. The van der Waals surface area contributed by atoms with Crippen LogP contribution < -0.4 is 10.1 Å². The number of benzene rings is 1. The molecule has 0 aliphatic carbocycles. The summed E-state index contributed by atoms with van der Waals surface area (Å²) in [5.41, 5.74) is 2.42. The molecule has 0 unspecified atom stereocenters. The second-order valence-electron chi connectivity index (χ2n) is 3.00. The maximum atomic E-state index is 10.4. The predicted octanol–water partition coefficient (Wildman–Crippen LogP) is 2.40. The third-order valence-electron chi connectivity index (χ3n) is 2.20. The van der Waals surface area contributed by atoms with E-state index in [0.29, 0.717) is 5.69 Å². The van der Waals surface area contributed by atoms with Crippen LogP contribution in [0.25, 0.3) is 0 Å². The van der Waals surface area contributed by atoms with E-state index in [9.17, 15) is 4.79 Å². The Kier molecular flexibility index (Phi) is 2.96. The summed E-state index contributed by atoms with van der Waals surface area (Å²) in [6, 6.07) is 3.43. The fourth-order valence-electron chi connectivity index (χ4n) is 1.27. The Bertz CT molecular complexity index is 361. The molecule has 0 saturated carbocycles. The lowest BCUT2D eigenvalue weighted by Crippen LogP contribution is -2.09. The molecule has 0 saturated heterocycles. The van der Waals surface area contributed by atoms with Crippen LogP contribution in [0.4, 0.5) is 10.5 Å². The minimum Gasteiger partial charge on any atom is -0.496 e. The van der Waals surface area contributed by atoms with E-state index in [1.165, 1.54) is 0 Å². The van der Waals surface area contributed by atoms with Crippen molar-refractivity contribution in [3.63, 3.8) is 0 Å². The van der Waals surface area contributed by atoms with E-state index >= 15 is 0 Å². The van der Waals surface area contributed by atoms with Gasteiger partial charge in [0.25, 0.3) is 0 Å². The van der Waals surface area contributed by atoms with Crippen molar-refractivity contribution < 1.29 is 14.6 Å². The molecule has 0 aromatic heterocycles. The summed E-state index contributed by atoms with van der Waals surface area (Å²) in [6.45, 7) is 3.74. The molecule has 1 aromatic rings. The number of methoxy groups -OCH3 is 1. The Morgan fingerprint density at radius 3 is 2.50 bits per heavy atom. The van der Waals surface area contributed by atoms with Gasteiger partial charge >= 0.3 is 6.09 Å². The van der Waals surface area contributed by atoms with Gasteiger partial charge in [0.2, 0.25) is 0 Å². The zero-order valence-corrected chi connectivity index (χ0v) is 8.42. The van der Waals surface area contributed by atoms with Gasteiger partial charge in [0.1, 0.15) is 5.75 Å². The van der Waals surface area contributed by atoms with E-state index < -0.39 is 6.09 Å². The number of ether oxygens (including phenoxy) is 1. The lowest BCUT2D eigenvalue weighted by atomic mass is 10.1. The fourth-order valence-corrected chi connectivity index (χ4v) is 1.27. The number of nitrogens with one attached hydrogen (secondary N) is 1. The highest BCUT2D eigenvalue weighted by molar-refractivity contribution is 5.84. The number of hydrogen-bond acceptors (Lipinski definition) is 2. The highest BCUT2D eigenvalue weighted by atomic mass is 16.5. The van der Waals surface area contributed by atoms with Gasteiger partial charge in [0.15, 0.2) is 0 Å². The molecule has 1 rings (SSSR count). The highest BCUT2D eigenvalue weighted by Crippen LogP contribution is 2.26. The third kappa shape index (κ3) is 1.96. The Morgan fingerprint density at radius 2 is 2.00 bits per heavy atom. The third-order valence-corrected chi connectivity index (χ3v) is 2.20. The Morgan fingerprint density at radius 1 is 1.36 bits per heavy atom. The molecule has 0 fully saturated rings. The minimum atomic E-state index is -1.06. The van der Waals surface area contributed by atoms with Crippen LogP contribution >= 0.6 is 0 Å². The number of carboxylic acid groups (broad SMARTS) is 1. The normalized spacial score (nSPS) is 9.64. The van der Waals surface area contributed by atoms with Crippen LogP contribution in [0.15, 0.2) is 12.1 Å². The molecule has 0 bridgehead atoms. The topological polar surface area (TPSA) is 58.6 Å². The molecule has 0 spiro atoms. The van der Waals surface area contributed by atoms with Crippen molar-refractivity contribution in [3.05, 3.63) is 23.3 Å². The van der Waals surface area contributed by atoms with Gasteiger partial charge in [-0.1, -0.05) is 0 Å². The molecule has 4 heteroatoms. The summed E-state index contributed by atoms with van der Waals surface area (Å²) in [6.07, 6.45) is -1.06.